The van der Waals surface area contributed by atoms with E-state index >= 15 is 0 Å². The van der Waals surface area contributed by atoms with Crippen LogP contribution in [0.2, 0.25) is 0 Å². The summed E-state index contributed by atoms with van der Waals surface area (Å²) in [4.78, 5) is 23.1. The molecule has 6 heteroatoms. The smallest absolute Gasteiger partial charge is 0.325 e. The highest BCUT2D eigenvalue weighted by molar-refractivity contribution is 5.99. The van der Waals surface area contributed by atoms with Crippen molar-refractivity contribution in [3.8, 4) is 11.5 Å². The van der Waals surface area contributed by atoms with Gasteiger partial charge in [-0.2, -0.15) is 0 Å². The van der Waals surface area contributed by atoms with E-state index in [1.54, 1.807) is 25.1 Å². The Morgan fingerprint density at radius 2 is 2.11 bits per heavy atom. The van der Waals surface area contributed by atoms with E-state index in [0.29, 0.717) is 30.3 Å². The number of carbonyl (C=O) groups is 2. The lowest BCUT2D eigenvalue weighted by molar-refractivity contribution is -0.141. The Labute approximate surface area is 110 Å². The lowest BCUT2D eigenvalue weighted by Gasteiger charge is -2.20. The molecule has 0 spiro atoms. The van der Waals surface area contributed by atoms with Gasteiger partial charge in [0.15, 0.2) is 11.5 Å². The summed E-state index contributed by atoms with van der Waals surface area (Å²) in [6, 6.07) is 5.05. The van der Waals surface area contributed by atoms with Gasteiger partial charge in [0.25, 0.3) is 5.91 Å². The zero-order chi connectivity index (χ0) is 13.7. The normalized spacial score (nSPS) is 12.7. The van der Waals surface area contributed by atoms with Crippen LogP contribution in [0.3, 0.4) is 0 Å². The van der Waals surface area contributed by atoms with E-state index in [1.807, 2.05) is 0 Å². The van der Waals surface area contributed by atoms with Crippen molar-refractivity contribution in [2.75, 3.05) is 26.4 Å². The Morgan fingerprint density at radius 3 is 2.89 bits per heavy atom. The summed E-state index contributed by atoms with van der Waals surface area (Å²) in [5, 5.41) is 2.48. The van der Waals surface area contributed by atoms with Crippen LogP contribution in [0.4, 0.5) is 0 Å². The zero-order valence-corrected chi connectivity index (χ0v) is 10.6. The van der Waals surface area contributed by atoms with Crippen LogP contribution in [0, 0.1) is 0 Å². The summed E-state index contributed by atoms with van der Waals surface area (Å²) in [6.45, 7) is 2.68. The quantitative estimate of drug-likeness (QED) is 0.813. The molecule has 0 saturated carbocycles. The van der Waals surface area contributed by atoms with Crippen LogP contribution in [0.1, 0.15) is 17.3 Å². The average molecular weight is 265 g/mol. The van der Waals surface area contributed by atoms with Crippen LogP contribution in [-0.2, 0) is 9.53 Å². The summed E-state index contributed by atoms with van der Waals surface area (Å²) in [7, 11) is 0. The lowest BCUT2D eigenvalue weighted by Crippen LogP contribution is -2.31. The maximum absolute atomic E-state index is 12.0. The number of carbonyl (C=O) groups excluding carboxylic acids is 2. The highest BCUT2D eigenvalue weighted by atomic mass is 16.6. The van der Waals surface area contributed by atoms with Gasteiger partial charge in [-0.25, -0.2) is 0 Å². The second kappa shape index (κ2) is 6.08. The molecule has 102 valence electrons. The van der Waals surface area contributed by atoms with E-state index in [0.717, 1.165) is 0 Å². The molecule has 1 aliphatic heterocycles. The zero-order valence-electron chi connectivity index (χ0n) is 10.6. The minimum atomic E-state index is -0.474. The standard InChI is InChI=1S/C13H15NO5/c1-2-17-11(15)8-14-13(16)9-4-3-5-10-12(9)19-7-6-18-10/h3-5H,2,6-8H2,1H3,(H,14,16). The largest absolute Gasteiger partial charge is 0.486 e. The predicted molar refractivity (Wildman–Crippen MR) is 66.4 cm³/mol. The SMILES string of the molecule is CCOC(=O)CNC(=O)c1cccc2c1OCCO2. The fraction of sp³-hybridized carbons (Fsp3) is 0.385. The summed E-state index contributed by atoms with van der Waals surface area (Å²) < 4.78 is 15.5. The molecule has 2 rings (SSSR count). The first-order valence-corrected chi connectivity index (χ1v) is 6.04. The Kier molecular flexibility index (Phi) is 4.22. The molecule has 0 aromatic heterocycles. The third kappa shape index (κ3) is 3.15. The van der Waals surface area contributed by atoms with Gasteiger partial charge in [-0.3, -0.25) is 9.59 Å². The molecule has 6 nitrogen and oxygen atoms in total. The van der Waals surface area contributed by atoms with E-state index in [2.05, 4.69) is 5.32 Å². The van der Waals surface area contributed by atoms with E-state index in [-0.39, 0.29) is 13.2 Å². The minimum Gasteiger partial charge on any atom is -0.486 e. The Balaban J connectivity index is 2.05. The molecule has 1 heterocycles. The molecule has 1 amide bonds. The van der Waals surface area contributed by atoms with E-state index in [9.17, 15) is 9.59 Å². The summed E-state index contributed by atoms with van der Waals surface area (Å²) in [6.07, 6.45) is 0. The van der Waals surface area contributed by atoms with Crippen molar-refractivity contribution in [1.29, 1.82) is 0 Å². The summed E-state index contributed by atoms with van der Waals surface area (Å²) >= 11 is 0. The first-order chi connectivity index (χ1) is 9.22. The number of fused-ring (bicyclic) bond motifs is 1. The molecular weight excluding hydrogens is 250 g/mol. The number of ether oxygens (including phenoxy) is 3. The highest BCUT2D eigenvalue weighted by Gasteiger charge is 2.20. The van der Waals surface area contributed by atoms with Crippen molar-refractivity contribution in [1.82, 2.24) is 5.32 Å². The van der Waals surface area contributed by atoms with Gasteiger partial charge in [0.2, 0.25) is 0 Å². The molecule has 0 bridgehead atoms. The Hall–Kier alpha value is -2.24. The number of rotatable bonds is 4. The topological polar surface area (TPSA) is 73.9 Å². The molecule has 1 aliphatic rings. The van der Waals surface area contributed by atoms with Gasteiger partial charge < -0.3 is 19.5 Å². The summed E-state index contributed by atoms with van der Waals surface area (Å²) in [5.41, 5.74) is 0.349. The second-order valence-corrected chi connectivity index (χ2v) is 3.82. The maximum Gasteiger partial charge on any atom is 0.325 e. The van der Waals surface area contributed by atoms with Gasteiger partial charge in [0, 0.05) is 0 Å². The molecule has 0 atom stereocenters. The van der Waals surface area contributed by atoms with Crippen molar-refractivity contribution in [2.45, 2.75) is 6.92 Å². The maximum atomic E-state index is 12.0. The van der Waals surface area contributed by atoms with Gasteiger partial charge in [-0.15, -0.1) is 0 Å². The Bertz CT molecular complexity index is 486. The molecule has 19 heavy (non-hydrogen) atoms. The van der Waals surface area contributed by atoms with Crippen LogP contribution in [0.15, 0.2) is 18.2 Å². The molecular formula is C13H15NO5. The molecule has 0 radical (unpaired) electrons. The van der Waals surface area contributed by atoms with Crippen molar-refractivity contribution < 1.29 is 23.8 Å². The number of para-hydroxylation sites is 1. The van der Waals surface area contributed by atoms with Crippen molar-refractivity contribution >= 4 is 11.9 Å². The predicted octanol–water partition coefficient (Wildman–Crippen LogP) is 0.751. The summed E-state index contributed by atoms with van der Waals surface area (Å²) in [5.74, 6) is 0.0818. The van der Waals surface area contributed by atoms with E-state index < -0.39 is 11.9 Å². The number of hydrogen-bond acceptors (Lipinski definition) is 5. The van der Waals surface area contributed by atoms with E-state index in [1.165, 1.54) is 0 Å². The number of hydrogen-bond donors (Lipinski definition) is 1. The molecule has 1 N–H and O–H groups in total. The van der Waals surface area contributed by atoms with Crippen LogP contribution in [-0.4, -0.2) is 38.2 Å². The van der Waals surface area contributed by atoms with E-state index in [4.69, 9.17) is 14.2 Å². The second-order valence-electron chi connectivity index (χ2n) is 3.82. The first kappa shape index (κ1) is 13.2. The van der Waals surface area contributed by atoms with Crippen LogP contribution < -0.4 is 14.8 Å². The monoisotopic (exact) mass is 265 g/mol. The van der Waals surface area contributed by atoms with Crippen LogP contribution in [0.5, 0.6) is 11.5 Å². The molecule has 0 aliphatic carbocycles. The third-order valence-corrected chi connectivity index (χ3v) is 2.51. The fourth-order valence-corrected chi connectivity index (χ4v) is 1.71. The average Bonchev–Trinajstić information content (AvgIpc) is 2.44. The molecule has 0 fully saturated rings. The van der Waals surface area contributed by atoms with Crippen LogP contribution >= 0.6 is 0 Å². The number of amides is 1. The van der Waals surface area contributed by atoms with Gasteiger partial charge >= 0.3 is 5.97 Å². The molecule has 1 aromatic carbocycles. The van der Waals surface area contributed by atoms with Crippen LogP contribution in [0.25, 0.3) is 0 Å². The molecule has 0 unspecified atom stereocenters. The molecule has 0 saturated heterocycles. The first-order valence-electron chi connectivity index (χ1n) is 6.04. The van der Waals surface area contributed by atoms with Gasteiger partial charge in [-0.1, -0.05) is 6.07 Å². The number of benzene rings is 1. The van der Waals surface area contributed by atoms with Gasteiger partial charge in [0.05, 0.1) is 12.2 Å². The van der Waals surface area contributed by atoms with Crippen molar-refractivity contribution in [3.63, 3.8) is 0 Å². The Morgan fingerprint density at radius 1 is 1.32 bits per heavy atom. The number of esters is 1. The van der Waals surface area contributed by atoms with Gasteiger partial charge in [0.1, 0.15) is 19.8 Å². The highest BCUT2D eigenvalue weighted by Crippen LogP contribution is 2.33. The van der Waals surface area contributed by atoms with Crippen molar-refractivity contribution in [2.24, 2.45) is 0 Å². The minimum absolute atomic E-state index is 0.169. The number of nitrogens with one attached hydrogen (secondary N) is 1. The van der Waals surface area contributed by atoms with Gasteiger partial charge in [-0.05, 0) is 19.1 Å². The third-order valence-electron chi connectivity index (χ3n) is 2.51. The molecule has 1 aromatic rings. The van der Waals surface area contributed by atoms with Crippen molar-refractivity contribution in [3.05, 3.63) is 23.8 Å². The fourth-order valence-electron chi connectivity index (χ4n) is 1.71. The lowest BCUT2D eigenvalue weighted by atomic mass is 10.1.